The van der Waals surface area contributed by atoms with Crippen LogP contribution in [0.2, 0.25) is 10.0 Å². The Morgan fingerprint density at radius 3 is 2.80 bits per heavy atom. The van der Waals surface area contributed by atoms with E-state index in [1.54, 1.807) is 24.4 Å². The Balaban J connectivity index is 2.02. The van der Waals surface area contributed by atoms with Crippen molar-refractivity contribution in [1.29, 1.82) is 0 Å². The number of aromatic amines is 1. The molecule has 15 heavy (non-hydrogen) atoms. The molecule has 0 unspecified atom stereocenters. The van der Waals surface area contributed by atoms with Gasteiger partial charge in [0.25, 0.3) is 0 Å². The van der Waals surface area contributed by atoms with E-state index in [4.69, 9.17) is 27.9 Å². The number of nitrogens with one attached hydrogen (secondary N) is 1. The fourth-order valence-electron chi connectivity index (χ4n) is 1.02. The molecular weight excluding hydrogens is 237 g/mol. The molecule has 1 N–H and O–H groups in total. The summed E-state index contributed by atoms with van der Waals surface area (Å²) in [4.78, 5) is 0. The first-order valence-corrected chi connectivity index (χ1v) is 4.94. The van der Waals surface area contributed by atoms with Crippen molar-refractivity contribution >= 4 is 23.2 Å². The van der Waals surface area contributed by atoms with Crippen molar-refractivity contribution in [2.45, 2.75) is 6.61 Å². The van der Waals surface area contributed by atoms with Gasteiger partial charge in [0.05, 0.1) is 10.0 Å². The van der Waals surface area contributed by atoms with Gasteiger partial charge in [-0.3, -0.25) is 5.10 Å². The third kappa shape index (κ3) is 2.61. The highest BCUT2D eigenvalue weighted by Gasteiger charge is 2.01. The van der Waals surface area contributed by atoms with Crippen molar-refractivity contribution in [1.82, 2.24) is 15.4 Å². The van der Waals surface area contributed by atoms with E-state index in [0.717, 1.165) is 5.69 Å². The number of hydrogen-bond donors (Lipinski definition) is 1. The van der Waals surface area contributed by atoms with Crippen LogP contribution in [-0.4, -0.2) is 15.4 Å². The van der Waals surface area contributed by atoms with Gasteiger partial charge in [-0.2, -0.15) is 0 Å². The van der Waals surface area contributed by atoms with Crippen molar-refractivity contribution < 1.29 is 4.74 Å². The molecule has 0 saturated heterocycles. The molecule has 0 saturated carbocycles. The van der Waals surface area contributed by atoms with E-state index in [1.165, 1.54) is 0 Å². The largest absolute Gasteiger partial charge is 0.487 e. The second-order valence-electron chi connectivity index (χ2n) is 2.83. The van der Waals surface area contributed by atoms with Crippen LogP contribution in [0.1, 0.15) is 5.69 Å². The van der Waals surface area contributed by atoms with Crippen molar-refractivity contribution in [2.24, 2.45) is 0 Å². The molecule has 0 amide bonds. The Labute approximate surface area is 96.2 Å². The molecule has 2 aromatic rings. The van der Waals surface area contributed by atoms with Gasteiger partial charge in [-0.25, -0.2) is 0 Å². The second-order valence-corrected chi connectivity index (χ2v) is 3.64. The Morgan fingerprint density at radius 2 is 2.13 bits per heavy atom. The first kappa shape index (κ1) is 10.3. The maximum atomic E-state index is 5.83. The maximum Gasteiger partial charge on any atom is 0.134 e. The van der Waals surface area contributed by atoms with E-state index >= 15 is 0 Å². The minimum atomic E-state index is 0.342. The highest BCUT2D eigenvalue weighted by Crippen LogP contribution is 2.26. The number of H-pyrrole nitrogens is 1. The summed E-state index contributed by atoms with van der Waals surface area (Å²) in [6.07, 6.45) is 1.66. The molecule has 0 aliphatic rings. The summed E-state index contributed by atoms with van der Waals surface area (Å²) < 4.78 is 5.42. The van der Waals surface area contributed by atoms with Crippen LogP contribution in [0.4, 0.5) is 0 Å². The second kappa shape index (κ2) is 4.51. The standard InChI is InChI=1S/C9H7Cl2N3O/c10-8-2-1-7(3-9(8)11)15-5-6-4-12-14-13-6/h1-4H,5H2,(H,12,13,14). The molecule has 1 aromatic heterocycles. The Morgan fingerprint density at radius 1 is 1.27 bits per heavy atom. The summed E-state index contributed by atoms with van der Waals surface area (Å²) in [6.45, 7) is 0.342. The van der Waals surface area contributed by atoms with Gasteiger partial charge in [-0.05, 0) is 12.1 Å². The number of nitrogens with zero attached hydrogens (tertiary/aromatic N) is 2. The van der Waals surface area contributed by atoms with Gasteiger partial charge < -0.3 is 4.74 Å². The fraction of sp³-hybridized carbons (Fsp3) is 0.111. The van der Waals surface area contributed by atoms with Gasteiger partial charge >= 0.3 is 0 Å². The number of ether oxygens (including phenoxy) is 1. The summed E-state index contributed by atoms with van der Waals surface area (Å²) in [5.41, 5.74) is 0.723. The highest BCUT2D eigenvalue weighted by atomic mass is 35.5. The van der Waals surface area contributed by atoms with E-state index in [0.29, 0.717) is 22.4 Å². The minimum Gasteiger partial charge on any atom is -0.487 e. The molecule has 78 valence electrons. The predicted molar refractivity (Wildman–Crippen MR) is 57.2 cm³/mol. The van der Waals surface area contributed by atoms with Gasteiger partial charge in [0.15, 0.2) is 0 Å². The SMILES string of the molecule is Clc1ccc(OCc2c[nH]nn2)cc1Cl. The van der Waals surface area contributed by atoms with Crippen LogP contribution >= 0.6 is 23.2 Å². The lowest BCUT2D eigenvalue weighted by atomic mass is 10.3. The van der Waals surface area contributed by atoms with Crippen molar-refractivity contribution in [2.75, 3.05) is 0 Å². The van der Waals surface area contributed by atoms with Gasteiger partial charge in [0.2, 0.25) is 0 Å². The summed E-state index contributed by atoms with van der Waals surface area (Å²) in [7, 11) is 0. The van der Waals surface area contributed by atoms with Gasteiger partial charge in [-0.15, -0.1) is 5.10 Å². The average Bonchev–Trinajstić information content (AvgIpc) is 2.73. The van der Waals surface area contributed by atoms with E-state index < -0.39 is 0 Å². The Kier molecular flexibility index (Phi) is 3.08. The van der Waals surface area contributed by atoms with Crippen LogP contribution in [0.25, 0.3) is 0 Å². The zero-order chi connectivity index (χ0) is 10.7. The normalized spacial score (nSPS) is 10.3. The van der Waals surface area contributed by atoms with Crippen LogP contribution in [0.5, 0.6) is 5.75 Å². The number of aromatic nitrogens is 3. The zero-order valence-corrected chi connectivity index (χ0v) is 9.09. The predicted octanol–water partition coefficient (Wildman–Crippen LogP) is 2.69. The molecule has 0 atom stereocenters. The Hall–Kier alpha value is -1.26. The summed E-state index contributed by atoms with van der Waals surface area (Å²) >= 11 is 11.6. The van der Waals surface area contributed by atoms with Crippen LogP contribution in [-0.2, 0) is 6.61 Å². The summed E-state index contributed by atoms with van der Waals surface area (Å²) in [6, 6.07) is 5.08. The molecule has 2 rings (SSSR count). The van der Waals surface area contributed by atoms with Crippen LogP contribution in [0.3, 0.4) is 0 Å². The highest BCUT2D eigenvalue weighted by molar-refractivity contribution is 6.42. The van der Waals surface area contributed by atoms with E-state index in [2.05, 4.69) is 15.4 Å². The third-order valence-electron chi connectivity index (χ3n) is 1.75. The Bertz CT molecular complexity index is 445. The quantitative estimate of drug-likeness (QED) is 0.902. The molecule has 0 bridgehead atoms. The summed E-state index contributed by atoms with van der Waals surface area (Å²) in [5, 5.41) is 10.9. The topological polar surface area (TPSA) is 50.8 Å². The zero-order valence-electron chi connectivity index (χ0n) is 7.58. The maximum absolute atomic E-state index is 5.83. The van der Waals surface area contributed by atoms with Gasteiger partial charge in [0.1, 0.15) is 18.1 Å². The molecule has 0 spiro atoms. The van der Waals surface area contributed by atoms with E-state index in [1.807, 2.05) is 0 Å². The molecular formula is C9H7Cl2N3O. The molecule has 0 radical (unpaired) electrons. The first-order valence-electron chi connectivity index (χ1n) is 4.19. The molecule has 0 fully saturated rings. The number of benzene rings is 1. The van der Waals surface area contributed by atoms with E-state index in [-0.39, 0.29) is 0 Å². The molecule has 0 aliphatic heterocycles. The van der Waals surface area contributed by atoms with Crippen LogP contribution in [0, 0.1) is 0 Å². The lowest BCUT2D eigenvalue weighted by molar-refractivity contribution is 0.301. The molecule has 1 heterocycles. The number of halogens is 2. The van der Waals surface area contributed by atoms with Crippen molar-refractivity contribution in [3.63, 3.8) is 0 Å². The number of rotatable bonds is 3. The van der Waals surface area contributed by atoms with Gasteiger partial charge in [0, 0.05) is 12.3 Å². The van der Waals surface area contributed by atoms with Crippen LogP contribution in [0.15, 0.2) is 24.4 Å². The molecule has 4 nitrogen and oxygen atoms in total. The van der Waals surface area contributed by atoms with E-state index in [9.17, 15) is 0 Å². The average molecular weight is 244 g/mol. The molecule has 0 aliphatic carbocycles. The first-order chi connectivity index (χ1) is 7.25. The van der Waals surface area contributed by atoms with Crippen molar-refractivity contribution in [3.8, 4) is 5.75 Å². The van der Waals surface area contributed by atoms with Crippen LogP contribution < -0.4 is 4.74 Å². The third-order valence-corrected chi connectivity index (χ3v) is 2.48. The molecule has 6 heteroatoms. The van der Waals surface area contributed by atoms with Crippen molar-refractivity contribution in [3.05, 3.63) is 40.1 Å². The molecule has 1 aromatic carbocycles. The number of hydrogen-bond acceptors (Lipinski definition) is 3. The van der Waals surface area contributed by atoms with Gasteiger partial charge in [-0.1, -0.05) is 28.4 Å². The lowest BCUT2D eigenvalue weighted by Gasteiger charge is -2.04. The smallest absolute Gasteiger partial charge is 0.134 e. The summed E-state index contributed by atoms with van der Waals surface area (Å²) in [5.74, 6) is 0.646. The minimum absolute atomic E-state index is 0.342. The fourth-order valence-corrected chi connectivity index (χ4v) is 1.31. The monoisotopic (exact) mass is 243 g/mol. The lowest BCUT2D eigenvalue weighted by Crippen LogP contribution is -1.95.